The summed E-state index contributed by atoms with van der Waals surface area (Å²) in [6.45, 7) is 0. The van der Waals surface area contributed by atoms with Crippen LogP contribution in [0.5, 0.6) is 0 Å². The van der Waals surface area contributed by atoms with Crippen molar-refractivity contribution in [2.24, 2.45) is 0 Å². The Morgan fingerprint density at radius 1 is 1.14 bits per heavy atom. The zero-order chi connectivity index (χ0) is 16.0. The molecule has 0 unspecified atom stereocenters. The summed E-state index contributed by atoms with van der Waals surface area (Å²) in [4.78, 5) is 63.5. The number of aromatic carboxylic acids is 1. The minimum Gasteiger partial charge on any atom is -0.478 e. The highest BCUT2D eigenvalue weighted by Gasteiger charge is 2.36. The second-order valence-electron chi connectivity index (χ2n) is 4.53. The van der Waals surface area contributed by atoms with Gasteiger partial charge in [0.05, 0.1) is 22.5 Å². The van der Waals surface area contributed by atoms with Gasteiger partial charge >= 0.3 is 5.97 Å². The van der Waals surface area contributed by atoms with Gasteiger partial charge in [-0.1, -0.05) is 0 Å². The van der Waals surface area contributed by atoms with Gasteiger partial charge in [-0.3, -0.25) is 19.2 Å². The van der Waals surface area contributed by atoms with Crippen LogP contribution < -0.4 is 0 Å². The first-order valence-corrected chi connectivity index (χ1v) is 5.99. The predicted molar refractivity (Wildman–Crippen MR) is 70.4 cm³/mol. The number of hydrogen-bond donors (Lipinski definition) is 2. The Kier molecular flexibility index (Phi) is 2.81. The highest BCUT2D eigenvalue weighted by atomic mass is 16.4. The molecular formula is C14H6N2O6. The van der Waals surface area contributed by atoms with Gasteiger partial charge in [0.25, 0.3) is 5.78 Å². The number of pyridine rings is 1. The molecular weight excluding hydrogens is 292 g/mol. The number of nitrogens with one attached hydrogen (secondary N) is 1. The summed E-state index contributed by atoms with van der Waals surface area (Å²) in [7, 11) is 0. The van der Waals surface area contributed by atoms with E-state index in [0.29, 0.717) is 6.29 Å². The number of aromatic nitrogens is 2. The van der Waals surface area contributed by atoms with E-state index in [1.807, 2.05) is 0 Å². The third kappa shape index (κ3) is 1.71. The van der Waals surface area contributed by atoms with Crippen molar-refractivity contribution in [3.8, 4) is 11.3 Å². The minimum atomic E-state index is -1.39. The molecule has 0 fully saturated rings. The Morgan fingerprint density at radius 3 is 2.45 bits per heavy atom. The summed E-state index contributed by atoms with van der Waals surface area (Å²) < 4.78 is 0. The van der Waals surface area contributed by atoms with Crippen LogP contribution in [-0.2, 0) is 0 Å². The fraction of sp³-hybridized carbons (Fsp3) is 0. The topological polar surface area (TPSA) is 134 Å². The fourth-order valence-corrected chi connectivity index (χ4v) is 2.36. The molecule has 2 heterocycles. The fourth-order valence-electron chi connectivity index (χ4n) is 2.36. The lowest BCUT2D eigenvalue weighted by Gasteiger charge is -2.16. The Balaban J connectivity index is 2.45. The van der Waals surface area contributed by atoms with Crippen molar-refractivity contribution in [2.45, 2.75) is 0 Å². The first kappa shape index (κ1) is 13.6. The van der Waals surface area contributed by atoms with E-state index in [0.717, 1.165) is 6.07 Å². The van der Waals surface area contributed by atoms with Crippen molar-refractivity contribution < 1.29 is 29.1 Å². The maximum absolute atomic E-state index is 12.1. The Labute approximate surface area is 121 Å². The first-order valence-electron chi connectivity index (χ1n) is 5.99. The van der Waals surface area contributed by atoms with Gasteiger partial charge in [0.1, 0.15) is 11.4 Å². The van der Waals surface area contributed by atoms with Gasteiger partial charge in [0, 0.05) is 5.56 Å². The molecule has 2 N–H and O–H groups in total. The van der Waals surface area contributed by atoms with E-state index in [-0.39, 0.29) is 40.1 Å². The number of carbonyl (C=O) groups is 5. The monoisotopic (exact) mass is 298 g/mol. The van der Waals surface area contributed by atoms with Gasteiger partial charge in [-0.15, -0.1) is 0 Å². The zero-order valence-corrected chi connectivity index (χ0v) is 10.7. The number of fused-ring (bicyclic) bond motifs is 3. The van der Waals surface area contributed by atoms with Gasteiger partial charge in [-0.25, -0.2) is 9.78 Å². The standard InChI is InChI=1S/C14H6N2O6/c17-3-5-1-7(14(21)22)9-10-8(2-6(4-18)15-10)12(19)13(20)11(9)16-5/h1-4,15H,(H,21,22). The van der Waals surface area contributed by atoms with Crippen molar-refractivity contribution in [1.29, 1.82) is 0 Å². The highest BCUT2D eigenvalue weighted by molar-refractivity contribution is 6.52. The average molecular weight is 298 g/mol. The van der Waals surface area contributed by atoms with Gasteiger partial charge in [-0.2, -0.15) is 0 Å². The van der Waals surface area contributed by atoms with Crippen LogP contribution in [0.1, 0.15) is 52.2 Å². The summed E-state index contributed by atoms with van der Waals surface area (Å²) in [5, 5.41) is 9.28. The predicted octanol–water partition coefficient (Wildman–Crippen LogP) is 0.779. The molecule has 0 atom stereocenters. The summed E-state index contributed by atoms with van der Waals surface area (Å²) in [5.41, 5.74) is -1.19. The number of aromatic amines is 1. The van der Waals surface area contributed by atoms with Crippen molar-refractivity contribution in [3.05, 3.63) is 40.3 Å². The summed E-state index contributed by atoms with van der Waals surface area (Å²) >= 11 is 0. The number of aldehydes is 2. The van der Waals surface area contributed by atoms with E-state index in [4.69, 9.17) is 0 Å². The Morgan fingerprint density at radius 2 is 1.86 bits per heavy atom. The van der Waals surface area contributed by atoms with Crippen molar-refractivity contribution in [3.63, 3.8) is 0 Å². The summed E-state index contributed by atoms with van der Waals surface area (Å²) in [5.74, 6) is -3.33. The number of H-pyrrole nitrogens is 1. The molecule has 108 valence electrons. The first-order chi connectivity index (χ1) is 10.5. The lowest BCUT2D eigenvalue weighted by Crippen LogP contribution is -2.24. The van der Waals surface area contributed by atoms with Crippen LogP contribution in [0.15, 0.2) is 12.1 Å². The molecule has 0 aliphatic heterocycles. The number of Topliss-reactive ketones (excluding diaryl/α,β-unsaturated/α-hetero) is 2. The highest BCUT2D eigenvalue weighted by Crippen LogP contribution is 2.35. The molecule has 2 aromatic heterocycles. The molecule has 1 aliphatic rings. The summed E-state index contributed by atoms with van der Waals surface area (Å²) in [6, 6.07) is 2.17. The number of carbonyl (C=O) groups excluding carboxylic acids is 4. The van der Waals surface area contributed by atoms with E-state index in [9.17, 15) is 29.1 Å². The molecule has 8 nitrogen and oxygen atoms in total. The molecule has 3 rings (SSSR count). The van der Waals surface area contributed by atoms with E-state index >= 15 is 0 Å². The van der Waals surface area contributed by atoms with E-state index < -0.39 is 23.2 Å². The number of carboxylic acids is 1. The van der Waals surface area contributed by atoms with E-state index in [1.54, 1.807) is 0 Å². The van der Waals surface area contributed by atoms with Gasteiger partial charge < -0.3 is 10.1 Å². The van der Waals surface area contributed by atoms with Crippen LogP contribution >= 0.6 is 0 Å². The van der Waals surface area contributed by atoms with E-state index in [2.05, 4.69) is 9.97 Å². The lowest BCUT2D eigenvalue weighted by atomic mass is 9.88. The molecule has 0 spiro atoms. The van der Waals surface area contributed by atoms with E-state index in [1.165, 1.54) is 6.07 Å². The molecule has 0 radical (unpaired) electrons. The maximum atomic E-state index is 12.1. The van der Waals surface area contributed by atoms with Gasteiger partial charge in [-0.05, 0) is 12.1 Å². The van der Waals surface area contributed by atoms with Crippen molar-refractivity contribution >= 4 is 30.1 Å². The quantitative estimate of drug-likeness (QED) is 0.631. The molecule has 0 saturated carbocycles. The van der Waals surface area contributed by atoms with Crippen molar-refractivity contribution in [1.82, 2.24) is 9.97 Å². The largest absolute Gasteiger partial charge is 0.478 e. The molecule has 0 saturated heterocycles. The number of carboxylic acid groups (broad SMARTS) is 1. The molecule has 0 bridgehead atoms. The van der Waals surface area contributed by atoms with Crippen LogP contribution in [0, 0.1) is 0 Å². The third-order valence-corrected chi connectivity index (χ3v) is 3.27. The zero-order valence-electron chi connectivity index (χ0n) is 10.7. The smallest absolute Gasteiger partial charge is 0.336 e. The minimum absolute atomic E-state index is 0.0230. The normalized spacial score (nSPS) is 12.5. The number of ketones is 2. The van der Waals surface area contributed by atoms with Crippen LogP contribution in [-0.4, -0.2) is 45.2 Å². The second kappa shape index (κ2) is 4.55. The molecule has 22 heavy (non-hydrogen) atoms. The van der Waals surface area contributed by atoms with Crippen LogP contribution in [0.2, 0.25) is 0 Å². The lowest BCUT2D eigenvalue weighted by molar-refractivity contribution is 0.0696. The van der Waals surface area contributed by atoms with Crippen molar-refractivity contribution in [2.75, 3.05) is 0 Å². The SMILES string of the molecule is O=Cc1cc(C(=O)O)c2c(n1)C(=O)C(=O)c1cc(C=O)[nH]c1-2. The third-order valence-electron chi connectivity index (χ3n) is 3.27. The van der Waals surface area contributed by atoms with Gasteiger partial charge in [0.2, 0.25) is 5.78 Å². The molecule has 2 aromatic rings. The van der Waals surface area contributed by atoms with Gasteiger partial charge in [0.15, 0.2) is 12.6 Å². The molecule has 0 aromatic carbocycles. The summed E-state index contributed by atoms with van der Waals surface area (Å²) in [6.07, 6.45) is 0.717. The molecule has 8 heteroatoms. The Hall–Kier alpha value is -3.42. The number of hydrogen-bond acceptors (Lipinski definition) is 6. The maximum Gasteiger partial charge on any atom is 0.336 e. The number of rotatable bonds is 3. The molecule has 0 amide bonds. The van der Waals surface area contributed by atoms with Crippen LogP contribution in [0.25, 0.3) is 11.3 Å². The van der Waals surface area contributed by atoms with Crippen LogP contribution in [0.3, 0.4) is 0 Å². The molecule has 1 aliphatic carbocycles. The Bertz CT molecular complexity index is 893. The second-order valence-corrected chi connectivity index (χ2v) is 4.53. The number of nitrogens with zero attached hydrogens (tertiary/aromatic N) is 1. The van der Waals surface area contributed by atoms with Crippen LogP contribution in [0.4, 0.5) is 0 Å². The average Bonchev–Trinajstić information content (AvgIpc) is 2.95.